The van der Waals surface area contributed by atoms with Gasteiger partial charge < -0.3 is 24.4 Å². The summed E-state index contributed by atoms with van der Waals surface area (Å²) in [5.74, 6) is -0.984. The fourth-order valence-electron chi connectivity index (χ4n) is 4.29. The Morgan fingerprint density at radius 1 is 0.921 bits per heavy atom. The SMILES string of the molecule is CCOC(=O)[C@H](CCCCCCCNC(=O)OC(C)(C)C)N[C@@H](C)C(=O)N1CCC[C@H]1C(=O)OC(C)(C)C. The van der Waals surface area contributed by atoms with Gasteiger partial charge in [0.2, 0.25) is 5.91 Å². The van der Waals surface area contributed by atoms with Crippen LogP contribution < -0.4 is 10.6 Å². The Morgan fingerprint density at radius 2 is 1.53 bits per heavy atom. The molecule has 0 spiro atoms. The van der Waals surface area contributed by atoms with Gasteiger partial charge in [-0.25, -0.2) is 9.59 Å². The molecule has 0 radical (unpaired) electrons. The Hall–Kier alpha value is -2.36. The Bertz CT molecular complexity index is 773. The monoisotopic (exact) mass is 541 g/mol. The van der Waals surface area contributed by atoms with Crippen LogP contribution in [-0.4, -0.2) is 77.9 Å². The van der Waals surface area contributed by atoms with E-state index in [0.29, 0.717) is 25.9 Å². The first-order valence-electron chi connectivity index (χ1n) is 14.1. The lowest BCUT2D eigenvalue weighted by Gasteiger charge is -2.30. The Labute approximate surface area is 228 Å². The second kappa shape index (κ2) is 15.9. The van der Waals surface area contributed by atoms with Crippen LogP contribution in [0.15, 0.2) is 0 Å². The number of nitrogens with zero attached hydrogens (tertiary/aromatic N) is 1. The van der Waals surface area contributed by atoms with Gasteiger partial charge in [0.15, 0.2) is 0 Å². The topological polar surface area (TPSA) is 123 Å². The van der Waals surface area contributed by atoms with Gasteiger partial charge in [-0.1, -0.05) is 25.7 Å². The van der Waals surface area contributed by atoms with Crippen LogP contribution in [-0.2, 0) is 28.6 Å². The molecule has 0 saturated carbocycles. The minimum absolute atomic E-state index is 0.217. The van der Waals surface area contributed by atoms with E-state index < -0.39 is 41.4 Å². The van der Waals surface area contributed by atoms with Crippen molar-refractivity contribution in [3.63, 3.8) is 0 Å². The number of unbranched alkanes of at least 4 members (excludes halogenated alkanes) is 4. The molecule has 2 amide bonds. The molecular weight excluding hydrogens is 490 g/mol. The number of carbonyl (C=O) groups excluding carboxylic acids is 4. The third-order valence-corrected chi connectivity index (χ3v) is 5.95. The molecule has 10 heteroatoms. The van der Waals surface area contributed by atoms with Crippen LogP contribution in [0.1, 0.15) is 107 Å². The molecule has 3 atom stereocenters. The molecule has 0 aromatic rings. The van der Waals surface area contributed by atoms with Gasteiger partial charge >= 0.3 is 18.0 Å². The van der Waals surface area contributed by atoms with Crippen LogP contribution in [0.25, 0.3) is 0 Å². The van der Waals surface area contributed by atoms with Gasteiger partial charge in [-0.15, -0.1) is 0 Å². The minimum Gasteiger partial charge on any atom is -0.465 e. The molecule has 0 bridgehead atoms. The highest BCUT2D eigenvalue weighted by atomic mass is 16.6. The second-order valence-corrected chi connectivity index (χ2v) is 11.9. The summed E-state index contributed by atoms with van der Waals surface area (Å²) in [7, 11) is 0. The predicted molar refractivity (Wildman–Crippen MR) is 146 cm³/mol. The molecule has 1 saturated heterocycles. The first-order chi connectivity index (χ1) is 17.6. The van der Waals surface area contributed by atoms with Gasteiger partial charge in [-0.3, -0.25) is 14.9 Å². The zero-order valence-corrected chi connectivity index (χ0v) is 24.8. The average Bonchev–Trinajstić information content (AvgIpc) is 3.27. The van der Waals surface area contributed by atoms with E-state index in [4.69, 9.17) is 14.2 Å². The van der Waals surface area contributed by atoms with Gasteiger partial charge in [-0.2, -0.15) is 0 Å². The number of alkyl carbamates (subject to hydrolysis) is 1. The first kappa shape index (κ1) is 33.7. The Morgan fingerprint density at radius 3 is 2.13 bits per heavy atom. The van der Waals surface area contributed by atoms with Crippen molar-refractivity contribution in [3.05, 3.63) is 0 Å². The molecule has 0 aliphatic carbocycles. The fraction of sp³-hybridized carbons (Fsp3) is 0.857. The molecular formula is C28H51N3O7. The van der Waals surface area contributed by atoms with E-state index in [1.165, 1.54) is 0 Å². The molecule has 1 aliphatic heterocycles. The molecule has 220 valence electrons. The highest BCUT2D eigenvalue weighted by Crippen LogP contribution is 2.22. The maximum absolute atomic E-state index is 13.2. The van der Waals surface area contributed by atoms with Crippen molar-refractivity contribution in [3.8, 4) is 0 Å². The van der Waals surface area contributed by atoms with Crippen molar-refractivity contribution in [2.75, 3.05) is 19.7 Å². The summed E-state index contributed by atoms with van der Waals surface area (Å²) in [5, 5.41) is 5.91. The zero-order valence-electron chi connectivity index (χ0n) is 24.8. The van der Waals surface area contributed by atoms with Crippen LogP contribution in [0.4, 0.5) is 4.79 Å². The van der Waals surface area contributed by atoms with Gasteiger partial charge in [0, 0.05) is 13.1 Å². The molecule has 2 N–H and O–H groups in total. The van der Waals surface area contributed by atoms with Gasteiger partial charge in [0.25, 0.3) is 0 Å². The van der Waals surface area contributed by atoms with Gasteiger partial charge in [0.1, 0.15) is 23.3 Å². The lowest BCUT2D eigenvalue weighted by atomic mass is 10.0. The summed E-state index contributed by atoms with van der Waals surface area (Å²) >= 11 is 0. The number of hydrogen-bond acceptors (Lipinski definition) is 8. The molecule has 0 aromatic heterocycles. The number of ether oxygens (including phenoxy) is 3. The van der Waals surface area contributed by atoms with Crippen molar-refractivity contribution >= 4 is 23.9 Å². The summed E-state index contributed by atoms with van der Waals surface area (Å²) in [6.07, 6.45) is 5.91. The van der Waals surface area contributed by atoms with E-state index in [-0.39, 0.29) is 18.5 Å². The fourth-order valence-corrected chi connectivity index (χ4v) is 4.29. The number of rotatable bonds is 14. The molecule has 1 aliphatic rings. The van der Waals surface area contributed by atoms with Crippen LogP contribution in [0.2, 0.25) is 0 Å². The zero-order chi connectivity index (χ0) is 28.9. The summed E-state index contributed by atoms with van der Waals surface area (Å²) in [5.41, 5.74) is -1.13. The molecule has 1 fully saturated rings. The number of esters is 2. The third kappa shape index (κ3) is 13.4. The smallest absolute Gasteiger partial charge is 0.407 e. The maximum Gasteiger partial charge on any atom is 0.407 e. The number of hydrogen-bond donors (Lipinski definition) is 2. The largest absolute Gasteiger partial charge is 0.465 e. The summed E-state index contributed by atoms with van der Waals surface area (Å²) in [6, 6.07) is -1.85. The van der Waals surface area contributed by atoms with E-state index in [1.807, 2.05) is 20.8 Å². The number of nitrogens with one attached hydrogen (secondary N) is 2. The normalized spacial score (nSPS) is 17.5. The lowest BCUT2D eigenvalue weighted by molar-refractivity contribution is -0.163. The minimum atomic E-state index is -0.647. The van der Waals surface area contributed by atoms with E-state index >= 15 is 0 Å². The number of amides is 2. The highest BCUT2D eigenvalue weighted by molar-refractivity contribution is 5.88. The van der Waals surface area contributed by atoms with Crippen molar-refractivity contribution in [1.82, 2.24) is 15.5 Å². The van der Waals surface area contributed by atoms with Crippen molar-refractivity contribution in [2.45, 2.75) is 136 Å². The molecule has 38 heavy (non-hydrogen) atoms. The summed E-state index contributed by atoms with van der Waals surface area (Å²) in [4.78, 5) is 51.7. The van der Waals surface area contributed by atoms with Crippen molar-refractivity contribution < 1.29 is 33.4 Å². The van der Waals surface area contributed by atoms with Gasteiger partial charge in [-0.05, 0) is 81.1 Å². The molecule has 10 nitrogen and oxygen atoms in total. The van der Waals surface area contributed by atoms with Crippen LogP contribution in [0.5, 0.6) is 0 Å². The Balaban J connectivity index is 2.50. The summed E-state index contributed by atoms with van der Waals surface area (Å²) < 4.78 is 16.0. The van der Waals surface area contributed by atoms with E-state index in [0.717, 1.165) is 38.5 Å². The average molecular weight is 542 g/mol. The maximum atomic E-state index is 13.2. The first-order valence-corrected chi connectivity index (χ1v) is 14.1. The van der Waals surface area contributed by atoms with Gasteiger partial charge in [0.05, 0.1) is 12.6 Å². The number of likely N-dealkylation sites (tertiary alicyclic amines) is 1. The lowest BCUT2D eigenvalue weighted by Crippen LogP contribution is -2.53. The molecule has 1 rings (SSSR count). The standard InChI is InChI=1S/C28H51N3O7/c1-9-36-24(33)21(16-13-11-10-12-14-18-29-26(35)38-28(6,7)8)30-20(2)23(32)31-19-15-17-22(31)25(34)37-27(3,4)5/h20-22,30H,9-19H2,1-8H3,(H,29,35)/t20-,21-,22-/m0/s1. The molecule has 1 heterocycles. The predicted octanol–water partition coefficient (Wildman–Crippen LogP) is 4.09. The molecule has 0 unspecified atom stereocenters. The van der Waals surface area contributed by atoms with Crippen molar-refractivity contribution in [1.29, 1.82) is 0 Å². The molecule has 0 aromatic carbocycles. The number of carbonyl (C=O) groups is 4. The van der Waals surface area contributed by atoms with Crippen molar-refractivity contribution in [2.24, 2.45) is 0 Å². The Kier molecular flexibility index (Phi) is 14.1. The van der Waals surface area contributed by atoms with Crippen LogP contribution >= 0.6 is 0 Å². The van der Waals surface area contributed by atoms with E-state index in [1.54, 1.807) is 39.5 Å². The third-order valence-electron chi connectivity index (χ3n) is 5.95. The van der Waals surface area contributed by atoms with Crippen LogP contribution in [0, 0.1) is 0 Å². The van der Waals surface area contributed by atoms with Crippen LogP contribution in [0.3, 0.4) is 0 Å². The van der Waals surface area contributed by atoms with E-state index in [2.05, 4.69) is 10.6 Å². The summed E-state index contributed by atoms with van der Waals surface area (Å²) in [6.45, 7) is 15.7. The quantitative estimate of drug-likeness (QED) is 0.191. The highest BCUT2D eigenvalue weighted by Gasteiger charge is 2.39. The second-order valence-electron chi connectivity index (χ2n) is 11.9. The van der Waals surface area contributed by atoms with E-state index in [9.17, 15) is 19.2 Å².